The van der Waals surface area contributed by atoms with Crippen LogP contribution < -0.4 is 10.3 Å². The summed E-state index contributed by atoms with van der Waals surface area (Å²) in [6, 6.07) is 13.8. The minimum absolute atomic E-state index is 0.293. The number of thiophene rings is 1. The highest BCUT2D eigenvalue weighted by Crippen LogP contribution is 2.20. The molecule has 8 nitrogen and oxygen atoms in total. The molecule has 0 amide bonds. The first kappa shape index (κ1) is 18.2. The van der Waals surface area contributed by atoms with Crippen molar-refractivity contribution in [3.05, 3.63) is 65.1 Å². The summed E-state index contributed by atoms with van der Waals surface area (Å²) < 4.78 is 5.40. The Balaban J connectivity index is 1.48. The van der Waals surface area contributed by atoms with Gasteiger partial charge in [-0.25, -0.2) is 9.97 Å². The van der Waals surface area contributed by atoms with Crippen LogP contribution >= 0.6 is 11.3 Å². The molecule has 2 aromatic heterocycles. The van der Waals surface area contributed by atoms with Gasteiger partial charge in [0.1, 0.15) is 0 Å². The number of hydrazone groups is 1. The molecule has 1 aliphatic heterocycles. The SMILES string of the molecule is c1cnc(N=N/C(=N\Nc2ccc(N3CCOCC3)cc2)c2cccs2)nc1. The molecule has 9 heteroatoms. The van der Waals surface area contributed by atoms with Gasteiger partial charge in [0.15, 0.2) is 0 Å². The number of rotatable bonds is 5. The Kier molecular flexibility index (Phi) is 5.95. The molecule has 28 heavy (non-hydrogen) atoms. The number of morpholine rings is 1. The number of benzene rings is 1. The average Bonchev–Trinajstić information content (AvgIpc) is 3.30. The smallest absolute Gasteiger partial charge is 0.268 e. The molecule has 3 heterocycles. The zero-order valence-electron chi connectivity index (χ0n) is 15.1. The fourth-order valence-electron chi connectivity index (χ4n) is 2.65. The van der Waals surface area contributed by atoms with Crippen LogP contribution in [0.3, 0.4) is 0 Å². The average molecular weight is 393 g/mol. The van der Waals surface area contributed by atoms with Crippen molar-refractivity contribution < 1.29 is 4.74 Å². The maximum atomic E-state index is 5.40. The van der Waals surface area contributed by atoms with Crippen molar-refractivity contribution in [2.45, 2.75) is 0 Å². The second kappa shape index (κ2) is 9.16. The number of ether oxygens (including phenoxy) is 1. The van der Waals surface area contributed by atoms with E-state index in [-0.39, 0.29) is 0 Å². The van der Waals surface area contributed by atoms with Gasteiger partial charge in [-0.1, -0.05) is 6.07 Å². The summed E-state index contributed by atoms with van der Waals surface area (Å²) in [7, 11) is 0. The van der Waals surface area contributed by atoms with Crippen LogP contribution in [0.1, 0.15) is 4.88 Å². The van der Waals surface area contributed by atoms with Crippen LogP contribution in [0.25, 0.3) is 0 Å². The quantitative estimate of drug-likeness (QED) is 0.307. The lowest BCUT2D eigenvalue weighted by atomic mass is 10.2. The van der Waals surface area contributed by atoms with Gasteiger partial charge in [-0.3, -0.25) is 5.43 Å². The van der Waals surface area contributed by atoms with Crippen molar-refractivity contribution in [3.63, 3.8) is 0 Å². The number of hydrogen-bond acceptors (Lipinski definition) is 8. The molecular formula is C19H19N7OS. The van der Waals surface area contributed by atoms with E-state index < -0.39 is 0 Å². The summed E-state index contributed by atoms with van der Waals surface area (Å²) in [5.41, 5.74) is 5.11. The van der Waals surface area contributed by atoms with E-state index in [9.17, 15) is 0 Å². The zero-order chi connectivity index (χ0) is 19.0. The number of aromatic nitrogens is 2. The standard InChI is InChI=1S/C19H19N7OS/c1-3-17(28-14-1)18(24-25-19-20-8-2-9-21-19)23-22-15-4-6-16(7-5-15)26-10-12-27-13-11-26/h1-9,14,22H,10-13H2/b23-18-,25-24?. The normalized spacial score (nSPS) is 15.1. The van der Waals surface area contributed by atoms with Gasteiger partial charge in [0.25, 0.3) is 5.95 Å². The predicted octanol–water partition coefficient (Wildman–Crippen LogP) is 3.93. The number of nitrogens with one attached hydrogen (secondary N) is 1. The third-order valence-corrected chi connectivity index (χ3v) is 4.93. The Morgan fingerprint density at radius 3 is 2.54 bits per heavy atom. The van der Waals surface area contributed by atoms with Gasteiger partial charge >= 0.3 is 0 Å². The Morgan fingerprint density at radius 1 is 1.04 bits per heavy atom. The molecule has 1 N–H and O–H groups in total. The third-order valence-electron chi connectivity index (χ3n) is 4.06. The molecule has 1 saturated heterocycles. The van der Waals surface area contributed by atoms with E-state index in [0.717, 1.165) is 36.9 Å². The highest BCUT2D eigenvalue weighted by molar-refractivity contribution is 7.12. The molecule has 1 fully saturated rings. The molecule has 4 rings (SSSR count). The number of azo groups is 1. The molecule has 0 spiro atoms. The number of anilines is 2. The van der Waals surface area contributed by atoms with Crippen LogP contribution in [0.15, 0.2) is 75.6 Å². The fourth-order valence-corrected chi connectivity index (χ4v) is 3.31. The fraction of sp³-hybridized carbons (Fsp3) is 0.211. The first-order valence-electron chi connectivity index (χ1n) is 8.87. The Labute approximate surface area is 166 Å². The van der Waals surface area contributed by atoms with E-state index in [2.05, 4.69) is 47.8 Å². The minimum Gasteiger partial charge on any atom is -0.378 e. The number of hydrogen-bond donors (Lipinski definition) is 1. The van der Waals surface area contributed by atoms with Crippen LogP contribution in [0, 0.1) is 0 Å². The van der Waals surface area contributed by atoms with Gasteiger partial charge < -0.3 is 9.64 Å². The lowest BCUT2D eigenvalue weighted by Gasteiger charge is -2.28. The van der Waals surface area contributed by atoms with Gasteiger partial charge in [-0.05, 0) is 41.8 Å². The number of nitrogens with zero attached hydrogens (tertiary/aromatic N) is 6. The molecule has 3 aromatic rings. The Morgan fingerprint density at radius 2 is 1.82 bits per heavy atom. The van der Waals surface area contributed by atoms with Crippen LogP contribution in [-0.4, -0.2) is 42.1 Å². The zero-order valence-corrected chi connectivity index (χ0v) is 15.9. The van der Waals surface area contributed by atoms with E-state index in [1.807, 2.05) is 29.6 Å². The summed E-state index contributed by atoms with van der Waals surface area (Å²) in [5, 5.41) is 14.7. The summed E-state index contributed by atoms with van der Waals surface area (Å²) >= 11 is 1.54. The van der Waals surface area contributed by atoms with Crippen molar-refractivity contribution in [1.29, 1.82) is 0 Å². The van der Waals surface area contributed by atoms with Gasteiger partial charge in [-0.15, -0.1) is 21.6 Å². The van der Waals surface area contributed by atoms with Crippen molar-refractivity contribution in [3.8, 4) is 0 Å². The van der Waals surface area contributed by atoms with Crippen LogP contribution in [0.4, 0.5) is 17.3 Å². The maximum Gasteiger partial charge on any atom is 0.268 e. The predicted molar refractivity (Wildman–Crippen MR) is 111 cm³/mol. The Bertz CT molecular complexity index is 921. The molecule has 0 atom stereocenters. The van der Waals surface area contributed by atoms with Crippen LogP contribution in [0.5, 0.6) is 0 Å². The summed E-state index contributed by atoms with van der Waals surface area (Å²) in [4.78, 5) is 11.3. The molecular weight excluding hydrogens is 374 g/mol. The summed E-state index contributed by atoms with van der Waals surface area (Å²) in [6.07, 6.45) is 3.25. The van der Waals surface area contributed by atoms with Gasteiger partial charge in [0.2, 0.25) is 5.84 Å². The highest BCUT2D eigenvalue weighted by Gasteiger charge is 2.11. The molecule has 1 aromatic carbocycles. The molecule has 0 unspecified atom stereocenters. The van der Waals surface area contributed by atoms with Crippen LogP contribution in [0.2, 0.25) is 0 Å². The Hall–Kier alpha value is -3.17. The largest absolute Gasteiger partial charge is 0.378 e. The molecule has 0 bridgehead atoms. The second-order valence-electron chi connectivity index (χ2n) is 5.92. The molecule has 0 saturated carbocycles. The van der Waals surface area contributed by atoms with Gasteiger partial charge in [0.05, 0.1) is 23.8 Å². The van der Waals surface area contributed by atoms with E-state index >= 15 is 0 Å². The van der Waals surface area contributed by atoms with Crippen molar-refractivity contribution >= 4 is 34.5 Å². The van der Waals surface area contributed by atoms with Gasteiger partial charge in [-0.2, -0.15) is 5.10 Å². The molecule has 142 valence electrons. The third kappa shape index (κ3) is 4.76. The minimum atomic E-state index is 0.293. The molecule has 0 aliphatic carbocycles. The van der Waals surface area contributed by atoms with Crippen molar-refractivity contribution in [1.82, 2.24) is 9.97 Å². The van der Waals surface area contributed by atoms with Crippen molar-refractivity contribution in [2.24, 2.45) is 15.3 Å². The summed E-state index contributed by atoms with van der Waals surface area (Å²) in [6.45, 7) is 3.36. The van der Waals surface area contributed by atoms with E-state index in [4.69, 9.17) is 4.74 Å². The highest BCUT2D eigenvalue weighted by atomic mass is 32.1. The first-order chi connectivity index (χ1) is 13.9. The molecule has 0 radical (unpaired) electrons. The number of amidine groups is 1. The van der Waals surface area contributed by atoms with Gasteiger partial charge in [0, 0.05) is 31.2 Å². The first-order valence-corrected chi connectivity index (χ1v) is 9.75. The lowest BCUT2D eigenvalue weighted by Crippen LogP contribution is -2.36. The van der Waals surface area contributed by atoms with E-state index in [1.54, 1.807) is 18.5 Å². The lowest BCUT2D eigenvalue weighted by molar-refractivity contribution is 0.122. The monoisotopic (exact) mass is 393 g/mol. The van der Waals surface area contributed by atoms with Crippen LogP contribution in [-0.2, 0) is 4.74 Å². The van der Waals surface area contributed by atoms with E-state index in [1.165, 1.54) is 17.0 Å². The maximum absolute atomic E-state index is 5.40. The molecule has 1 aliphatic rings. The second-order valence-corrected chi connectivity index (χ2v) is 6.87. The van der Waals surface area contributed by atoms with E-state index in [0.29, 0.717) is 11.8 Å². The topological polar surface area (TPSA) is 87.4 Å². The summed E-state index contributed by atoms with van der Waals surface area (Å²) in [5.74, 6) is 0.765. The van der Waals surface area contributed by atoms with Crippen molar-refractivity contribution in [2.75, 3.05) is 36.6 Å².